The summed E-state index contributed by atoms with van der Waals surface area (Å²) in [6.07, 6.45) is 13.8. The zero-order valence-corrected chi connectivity index (χ0v) is 27.4. The average Bonchev–Trinajstić information content (AvgIpc) is 3.72. The number of allylic oxidation sites excluding steroid dienone is 2. The minimum absolute atomic E-state index is 0.0989. The molecule has 0 amide bonds. The van der Waals surface area contributed by atoms with Gasteiger partial charge in [-0.2, -0.15) is 0 Å². The topological polar surface area (TPSA) is 26.3 Å². The molecule has 4 aromatic rings. The van der Waals surface area contributed by atoms with Crippen molar-refractivity contribution in [2.75, 3.05) is 0 Å². The van der Waals surface area contributed by atoms with Gasteiger partial charge >= 0.3 is 236 Å². The molecule has 0 saturated carbocycles. The molecular weight excluding hydrogens is 607 g/mol. The predicted molar refractivity (Wildman–Crippen MR) is 161 cm³/mol. The van der Waals surface area contributed by atoms with Crippen LogP contribution in [0.15, 0.2) is 93.6 Å². The van der Waals surface area contributed by atoms with E-state index >= 15 is 0 Å². The van der Waals surface area contributed by atoms with Gasteiger partial charge in [-0.25, -0.2) is 0 Å². The van der Waals surface area contributed by atoms with Crippen LogP contribution in [0, 0.1) is 0 Å². The van der Waals surface area contributed by atoms with Gasteiger partial charge in [0.25, 0.3) is 0 Å². The van der Waals surface area contributed by atoms with Crippen LogP contribution in [0.5, 0.6) is 0 Å². The molecule has 2 aromatic heterocycles. The Morgan fingerprint density at radius 3 is 1.50 bits per heavy atom. The number of fused-ring (bicyclic) bond motifs is 2. The number of benzene rings is 2. The van der Waals surface area contributed by atoms with Crippen molar-refractivity contribution in [2.45, 2.75) is 47.0 Å². The maximum atomic E-state index is 8.42. The third-order valence-electron chi connectivity index (χ3n) is 8.99. The second-order valence-electron chi connectivity index (χ2n) is 11.0. The molecule has 2 aliphatic carbocycles. The van der Waals surface area contributed by atoms with E-state index in [1.54, 1.807) is 12.5 Å². The van der Waals surface area contributed by atoms with Gasteiger partial charge in [-0.1, -0.05) is 0 Å². The molecule has 0 aliphatic heterocycles. The van der Waals surface area contributed by atoms with E-state index in [-0.39, 0.29) is 7.25 Å². The average molecular weight is 640 g/mol. The Morgan fingerprint density at radius 2 is 1.16 bits per heavy atom. The first-order chi connectivity index (χ1) is 18.3. The van der Waals surface area contributed by atoms with Gasteiger partial charge in [0.2, 0.25) is 0 Å². The number of hydrogen-bond acceptors (Lipinski definition) is 2. The van der Waals surface area contributed by atoms with Crippen molar-refractivity contribution in [2.24, 2.45) is 0 Å². The molecule has 2 nitrogen and oxygen atoms in total. The summed E-state index contributed by atoms with van der Waals surface area (Å²) in [5.41, 5.74) is 12.5. The molecular formula is C32H33Cl2O2SiZr. The fourth-order valence-electron chi connectivity index (χ4n) is 7.02. The monoisotopic (exact) mass is 637 g/mol. The Morgan fingerprint density at radius 1 is 0.711 bits per heavy atom. The molecule has 0 saturated heterocycles. The van der Waals surface area contributed by atoms with E-state index in [1.165, 1.54) is 44.5 Å². The molecule has 2 aliphatic rings. The van der Waals surface area contributed by atoms with Gasteiger partial charge in [-0.05, 0) is 0 Å². The molecule has 2 heterocycles. The minimum atomic E-state index is -4.71. The van der Waals surface area contributed by atoms with Crippen molar-refractivity contribution < 1.29 is 24.4 Å². The second-order valence-corrected chi connectivity index (χ2v) is 53.5. The number of furan rings is 2. The van der Waals surface area contributed by atoms with Crippen molar-refractivity contribution in [1.82, 2.24) is 0 Å². The molecule has 38 heavy (non-hydrogen) atoms. The number of rotatable bonds is 7. The van der Waals surface area contributed by atoms with Gasteiger partial charge in [0, 0.05) is 0 Å². The zero-order chi connectivity index (χ0) is 26.7. The summed E-state index contributed by atoms with van der Waals surface area (Å²) in [5.74, 6) is -1.58. The van der Waals surface area contributed by atoms with Crippen LogP contribution in [0.3, 0.4) is 0 Å². The molecule has 0 bridgehead atoms. The van der Waals surface area contributed by atoms with Crippen molar-refractivity contribution in [3.8, 4) is 22.3 Å². The van der Waals surface area contributed by atoms with Crippen LogP contribution in [-0.2, 0) is 15.6 Å². The quantitative estimate of drug-likeness (QED) is 0.188. The Labute approximate surface area is 234 Å². The van der Waals surface area contributed by atoms with Crippen LogP contribution >= 0.6 is 17.0 Å². The summed E-state index contributed by atoms with van der Waals surface area (Å²) < 4.78 is 11.1. The molecule has 2 aromatic carbocycles. The van der Waals surface area contributed by atoms with E-state index < -0.39 is 21.5 Å². The zero-order valence-electron chi connectivity index (χ0n) is 22.3. The van der Waals surface area contributed by atoms with Crippen molar-refractivity contribution in [3.63, 3.8) is 0 Å². The maximum absolute atomic E-state index is 8.42. The summed E-state index contributed by atoms with van der Waals surface area (Å²) in [6.45, 7) is 9.32. The first kappa shape index (κ1) is 26.4. The van der Waals surface area contributed by atoms with Crippen LogP contribution in [0.1, 0.15) is 56.2 Å². The Balaban J connectivity index is 1.60. The van der Waals surface area contributed by atoms with Gasteiger partial charge in [-0.15, -0.1) is 0 Å². The molecule has 2 atom stereocenters. The van der Waals surface area contributed by atoms with Crippen molar-refractivity contribution >= 4 is 35.1 Å². The predicted octanol–water partition coefficient (Wildman–Crippen LogP) is 10.6. The summed E-state index contributed by atoms with van der Waals surface area (Å²) in [6, 6.07) is 17.4. The third kappa shape index (κ3) is 3.74. The van der Waals surface area contributed by atoms with E-state index in [0.717, 1.165) is 24.0 Å². The fraction of sp³-hybridized carbons (Fsp3) is 0.250. The van der Waals surface area contributed by atoms with Crippen molar-refractivity contribution in [1.29, 1.82) is 0 Å². The summed E-state index contributed by atoms with van der Waals surface area (Å²) in [7, 11) is 16.8. The third-order valence-corrected chi connectivity index (χ3v) is 60.8. The number of hydrogen-bond donors (Lipinski definition) is 0. The Bertz CT molecular complexity index is 1450. The SMILES string of the molecule is CCC1=Cc2c(-c3ccoc3)cccc2[CH]1[Zr]([Cl])([Cl])([CH]1C(CC)=Cc2c(-c3ccoc3)cccc21)[SiH](C)C. The van der Waals surface area contributed by atoms with Gasteiger partial charge in [0.1, 0.15) is 0 Å². The Kier molecular flexibility index (Phi) is 6.71. The van der Waals surface area contributed by atoms with Crippen LogP contribution in [0.2, 0.25) is 13.1 Å². The van der Waals surface area contributed by atoms with E-state index in [2.05, 4.69) is 75.5 Å². The van der Waals surface area contributed by atoms with Crippen LogP contribution in [0.4, 0.5) is 0 Å². The standard InChI is InChI=1S/2C15H13O.C2H7Si.2ClH.Zr/c2*1-2-11-8-12-4-3-5-14(15(12)9-11)13-6-7-16-10-13;1-3-2;;;/h2*3-10H,2H2,1H3;3H,1-2H3;2*1H;/q;;;;;+2/p-2. The molecule has 2 unspecified atom stereocenters. The van der Waals surface area contributed by atoms with E-state index in [1.807, 2.05) is 24.7 Å². The summed E-state index contributed by atoms with van der Waals surface area (Å²) in [4.78, 5) is 0. The Hall–Kier alpha value is -1.84. The van der Waals surface area contributed by atoms with E-state index in [9.17, 15) is 0 Å². The summed E-state index contributed by atoms with van der Waals surface area (Å²) in [5, 5.41) is 0. The van der Waals surface area contributed by atoms with Gasteiger partial charge < -0.3 is 0 Å². The first-order valence-electron chi connectivity index (χ1n) is 13.6. The second kappa shape index (κ2) is 9.66. The normalized spacial score (nSPS) is 19.6. The fourth-order valence-corrected chi connectivity index (χ4v) is 38.8. The summed E-state index contributed by atoms with van der Waals surface area (Å²) >= 11 is -4.71. The van der Waals surface area contributed by atoms with Crippen LogP contribution in [0.25, 0.3) is 34.4 Å². The molecule has 195 valence electrons. The first-order valence-corrected chi connectivity index (χ1v) is 29.9. The van der Waals surface area contributed by atoms with Crippen LogP contribution < -0.4 is 0 Å². The molecule has 0 N–H and O–H groups in total. The van der Waals surface area contributed by atoms with Crippen molar-refractivity contribution in [3.05, 3.63) is 107 Å². The van der Waals surface area contributed by atoms with E-state index in [0.29, 0.717) is 0 Å². The van der Waals surface area contributed by atoms with Crippen LogP contribution in [-0.4, -0.2) is 5.92 Å². The number of halogens is 2. The van der Waals surface area contributed by atoms with Gasteiger partial charge in [-0.3, -0.25) is 0 Å². The van der Waals surface area contributed by atoms with E-state index in [4.69, 9.17) is 25.9 Å². The van der Waals surface area contributed by atoms with Gasteiger partial charge in [0.15, 0.2) is 0 Å². The molecule has 6 heteroatoms. The molecule has 0 spiro atoms. The molecule has 6 rings (SSSR count). The molecule has 0 fully saturated rings. The molecule has 0 radical (unpaired) electrons. The van der Waals surface area contributed by atoms with Gasteiger partial charge in [0.05, 0.1) is 0 Å².